The molecule has 1 aromatic rings. The maximum atomic E-state index is 11.8. The van der Waals surface area contributed by atoms with E-state index in [1.54, 1.807) is 19.9 Å². The van der Waals surface area contributed by atoms with Crippen molar-refractivity contribution in [3.8, 4) is 0 Å². The highest BCUT2D eigenvalue weighted by Gasteiger charge is 2.30. The quantitative estimate of drug-likeness (QED) is 0.848. The molecule has 0 aliphatic rings. The molecule has 0 saturated carbocycles. The first-order valence-electron chi connectivity index (χ1n) is 5.23. The van der Waals surface area contributed by atoms with Crippen LogP contribution >= 0.6 is 11.6 Å². The number of hydrogen-bond acceptors (Lipinski definition) is 4. The van der Waals surface area contributed by atoms with Gasteiger partial charge in [-0.3, -0.25) is 4.79 Å². The van der Waals surface area contributed by atoms with Crippen molar-refractivity contribution in [1.82, 2.24) is 10.3 Å². The second-order valence-electron chi connectivity index (χ2n) is 4.56. The summed E-state index contributed by atoms with van der Waals surface area (Å²) in [5.41, 5.74) is 0.225. The number of hydrogen-bond donors (Lipinski definition) is 1. The third-order valence-electron chi connectivity index (χ3n) is 2.68. The maximum Gasteiger partial charge on any atom is 0.254 e. The SMILES string of the molecule is CC(C)(CNC(=O)c1cccnc1Cl)S(C)(=O)=O. The normalized spacial score (nSPS) is 12.2. The Labute approximate surface area is 111 Å². The summed E-state index contributed by atoms with van der Waals surface area (Å²) in [7, 11) is -3.25. The first kappa shape index (κ1) is 14.9. The largest absolute Gasteiger partial charge is 0.350 e. The van der Waals surface area contributed by atoms with Gasteiger partial charge in [-0.2, -0.15) is 0 Å². The fourth-order valence-corrected chi connectivity index (χ4v) is 1.61. The number of amides is 1. The molecule has 5 nitrogen and oxygen atoms in total. The lowest BCUT2D eigenvalue weighted by Gasteiger charge is -2.22. The van der Waals surface area contributed by atoms with Gasteiger partial charge in [-0.15, -0.1) is 0 Å². The number of sulfone groups is 1. The second kappa shape index (κ2) is 5.24. The number of nitrogens with one attached hydrogen (secondary N) is 1. The molecule has 1 amide bonds. The van der Waals surface area contributed by atoms with Crippen LogP contribution in [-0.2, 0) is 9.84 Å². The summed E-state index contributed by atoms with van der Waals surface area (Å²) in [4.78, 5) is 15.6. The van der Waals surface area contributed by atoms with E-state index in [2.05, 4.69) is 10.3 Å². The Morgan fingerprint density at radius 3 is 2.61 bits per heavy atom. The molecule has 0 saturated heterocycles. The number of rotatable bonds is 4. The number of halogens is 1. The number of carbonyl (C=O) groups is 1. The van der Waals surface area contributed by atoms with E-state index in [-0.39, 0.29) is 17.3 Å². The first-order valence-corrected chi connectivity index (χ1v) is 7.50. The minimum atomic E-state index is -3.25. The molecule has 0 unspecified atom stereocenters. The maximum absolute atomic E-state index is 11.8. The zero-order chi connectivity index (χ0) is 14.0. The van der Waals surface area contributed by atoms with Gasteiger partial charge in [0.1, 0.15) is 5.15 Å². The van der Waals surface area contributed by atoms with Crippen LogP contribution in [0.3, 0.4) is 0 Å². The third kappa shape index (κ3) is 3.43. The highest BCUT2D eigenvalue weighted by atomic mass is 35.5. The van der Waals surface area contributed by atoms with E-state index in [1.807, 2.05) is 0 Å². The standard InChI is InChI=1S/C11H15ClN2O3S/c1-11(2,18(3,16)17)7-14-10(15)8-5-4-6-13-9(8)12/h4-6H,7H2,1-3H3,(H,14,15). The molecular weight excluding hydrogens is 276 g/mol. The first-order chi connectivity index (χ1) is 8.15. The predicted octanol–water partition coefficient (Wildman–Crippen LogP) is 1.29. The summed E-state index contributed by atoms with van der Waals surface area (Å²) in [5.74, 6) is -0.440. The number of nitrogens with zero attached hydrogens (tertiary/aromatic N) is 1. The van der Waals surface area contributed by atoms with E-state index >= 15 is 0 Å². The molecule has 7 heteroatoms. The van der Waals surface area contributed by atoms with E-state index < -0.39 is 20.5 Å². The molecular formula is C11H15ClN2O3S. The average molecular weight is 291 g/mol. The average Bonchev–Trinajstić information content (AvgIpc) is 2.25. The molecule has 0 radical (unpaired) electrons. The van der Waals surface area contributed by atoms with Crippen molar-refractivity contribution in [3.05, 3.63) is 29.0 Å². The molecule has 0 atom stereocenters. The Bertz CT molecular complexity index is 555. The lowest BCUT2D eigenvalue weighted by molar-refractivity contribution is 0.0950. The van der Waals surface area contributed by atoms with Gasteiger partial charge in [-0.1, -0.05) is 11.6 Å². The van der Waals surface area contributed by atoms with Gasteiger partial charge in [-0.05, 0) is 26.0 Å². The van der Waals surface area contributed by atoms with Gasteiger partial charge in [0.05, 0.1) is 10.3 Å². The topological polar surface area (TPSA) is 76.1 Å². The van der Waals surface area contributed by atoms with Crippen molar-refractivity contribution in [3.63, 3.8) is 0 Å². The number of aromatic nitrogens is 1. The van der Waals surface area contributed by atoms with Crippen molar-refractivity contribution in [1.29, 1.82) is 0 Å². The van der Waals surface area contributed by atoms with Crippen LogP contribution in [0.4, 0.5) is 0 Å². The molecule has 18 heavy (non-hydrogen) atoms. The van der Waals surface area contributed by atoms with Gasteiger partial charge >= 0.3 is 0 Å². The molecule has 0 bridgehead atoms. The van der Waals surface area contributed by atoms with Gasteiger partial charge < -0.3 is 5.32 Å². The van der Waals surface area contributed by atoms with E-state index in [0.29, 0.717) is 0 Å². The van der Waals surface area contributed by atoms with Crippen molar-refractivity contribution in [2.45, 2.75) is 18.6 Å². The van der Waals surface area contributed by atoms with Crippen LogP contribution in [0.15, 0.2) is 18.3 Å². The van der Waals surface area contributed by atoms with Gasteiger partial charge in [0.15, 0.2) is 9.84 Å². The van der Waals surface area contributed by atoms with Crippen molar-refractivity contribution >= 4 is 27.3 Å². The molecule has 0 spiro atoms. The Hall–Kier alpha value is -1.14. The smallest absolute Gasteiger partial charge is 0.254 e. The molecule has 1 N–H and O–H groups in total. The minimum absolute atomic E-state index is 0.00981. The number of pyridine rings is 1. The van der Waals surface area contributed by atoms with Crippen LogP contribution in [0.5, 0.6) is 0 Å². The van der Waals surface area contributed by atoms with Crippen molar-refractivity contribution in [2.75, 3.05) is 12.8 Å². The lowest BCUT2D eigenvalue weighted by atomic mass is 10.2. The number of carbonyl (C=O) groups excluding carboxylic acids is 1. The summed E-state index contributed by atoms with van der Waals surface area (Å²) >= 11 is 5.77. The van der Waals surface area contributed by atoms with E-state index in [4.69, 9.17) is 11.6 Å². The highest BCUT2D eigenvalue weighted by molar-refractivity contribution is 7.92. The van der Waals surface area contributed by atoms with Crippen LogP contribution in [0.25, 0.3) is 0 Å². The van der Waals surface area contributed by atoms with Crippen LogP contribution in [0.2, 0.25) is 5.15 Å². The summed E-state index contributed by atoms with van der Waals surface area (Å²) in [5, 5.41) is 2.63. The van der Waals surface area contributed by atoms with E-state index in [0.717, 1.165) is 6.26 Å². The minimum Gasteiger partial charge on any atom is -0.350 e. The molecule has 1 aromatic heterocycles. The Morgan fingerprint density at radius 2 is 2.11 bits per heavy atom. The van der Waals surface area contributed by atoms with E-state index in [1.165, 1.54) is 12.3 Å². The third-order valence-corrected chi connectivity index (χ3v) is 5.14. The molecule has 0 aliphatic carbocycles. The molecule has 0 fully saturated rings. The monoisotopic (exact) mass is 290 g/mol. The Balaban J connectivity index is 2.77. The Kier molecular flexibility index (Phi) is 4.34. The fraction of sp³-hybridized carbons (Fsp3) is 0.455. The summed E-state index contributed by atoms with van der Waals surface area (Å²) in [6.45, 7) is 3.11. The second-order valence-corrected chi connectivity index (χ2v) is 7.56. The summed E-state index contributed by atoms with van der Waals surface area (Å²) < 4.78 is 21.9. The lowest BCUT2D eigenvalue weighted by Crippen LogP contribution is -2.43. The summed E-state index contributed by atoms with van der Waals surface area (Å²) in [6.07, 6.45) is 2.61. The molecule has 1 heterocycles. The molecule has 0 aromatic carbocycles. The fourth-order valence-electron chi connectivity index (χ4n) is 1.07. The zero-order valence-electron chi connectivity index (χ0n) is 10.4. The van der Waals surface area contributed by atoms with Crippen LogP contribution in [0.1, 0.15) is 24.2 Å². The highest BCUT2D eigenvalue weighted by Crippen LogP contribution is 2.15. The van der Waals surface area contributed by atoms with Crippen molar-refractivity contribution < 1.29 is 13.2 Å². The van der Waals surface area contributed by atoms with E-state index in [9.17, 15) is 13.2 Å². The Morgan fingerprint density at radius 1 is 1.50 bits per heavy atom. The van der Waals surface area contributed by atoms with Crippen LogP contribution < -0.4 is 5.32 Å². The van der Waals surface area contributed by atoms with Crippen LogP contribution in [0, 0.1) is 0 Å². The van der Waals surface area contributed by atoms with Gasteiger partial charge in [0.25, 0.3) is 5.91 Å². The van der Waals surface area contributed by atoms with Gasteiger partial charge in [-0.25, -0.2) is 13.4 Å². The van der Waals surface area contributed by atoms with Gasteiger partial charge in [0.2, 0.25) is 0 Å². The summed E-state index contributed by atoms with van der Waals surface area (Å²) in [6, 6.07) is 3.11. The van der Waals surface area contributed by atoms with Crippen LogP contribution in [-0.4, -0.2) is 36.9 Å². The molecule has 100 valence electrons. The van der Waals surface area contributed by atoms with Crippen molar-refractivity contribution in [2.24, 2.45) is 0 Å². The molecule has 0 aliphatic heterocycles. The molecule has 1 rings (SSSR count). The predicted molar refractivity (Wildman–Crippen MR) is 70.5 cm³/mol. The zero-order valence-corrected chi connectivity index (χ0v) is 12.0. The van der Waals surface area contributed by atoms with Gasteiger partial charge in [0, 0.05) is 19.0 Å².